The molecule has 1 aromatic heterocycles. The van der Waals surface area contributed by atoms with Crippen molar-refractivity contribution in [1.29, 1.82) is 5.26 Å². The molecule has 2 atom stereocenters. The number of benzene rings is 1. The van der Waals surface area contributed by atoms with Crippen molar-refractivity contribution >= 4 is 11.6 Å². The topological polar surface area (TPSA) is 60.2 Å². The maximum absolute atomic E-state index is 12.5. The van der Waals surface area contributed by atoms with Gasteiger partial charge in [-0.05, 0) is 42.7 Å². The Morgan fingerprint density at radius 3 is 2.92 bits per heavy atom. The molecule has 0 aliphatic carbocycles. The highest BCUT2D eigenvalue weighted by atomic mass is 16.2. The minimum Gasteiger partial charge on any atom is -0.306 e. The van der Waals surface area contributed by atoms with Gasteiger partial charge in [0.1, 0.15) is 0 Å². The first-order valence-corrected chi connectivity index (χ1v) is 8.71. The highest BCUT2D eigenvalue weighted by molar-refractivity contribution is 5.95. The van der Waals surface area contributed by atoms with Crippen LogP contribution in [0.4, 0.5) is 5.69 Å². The summed E-state index contributed by atoms with van der Waals surface area (Å²) in [6, 6.07) is 14.4. The van der Waals surface area contributed by atoms with Crippen LogP contribution in [0, 0.1) is 11.3 Å². The van der Waals surface area contributed by atoms with Crippen LogP contribution in [0.3, 0.4) is 0 Å². The molecule has 3 heterocycles. The van der Waals surface area contributed by atoms with Crippen molar-refractivity contribution < 1.29 is 4.79 Å². The molecule has 2 saturated heterocycles. The maximum Gasteiger partial charge on any atom is 0.227 e. The van der Waals surface area contributed by atoms with Gasteiger partial charge in [0.2, 0.25) is 5.91 Å². The number of carbonyl (C=O) groups is 1. The van der Waals surface area contributed by atoms with Crippen molar-refractivity contribution in [2.45, 2.75) is 37.9 Å². The summed E-state index contributed by atoms with van der Waals surface area (Å²) in [5.41, 5.74) is 2.75. The fourth-order valence-electron chi connectivity index (χ4n) is 4.15. The molecular formula is C20H20N4O. The molecule has 2 fully saturated rings. The van der Waals surface area contributed by atoms with Crippen molar-refractivity contribution in [3.63, 3.8) is 0 Å². The van der Waals surface area contributed by atoms with Gasteiger partial charge in [-0.2, -0.15) is 5.26 Å². The number of rotatable bonds is 3. The minimum atomic E-state index is 0.197. The van der Waals surface area contributed by atoms with Gasteiger partial charge in [0.15, 0.2) is 0 Å². The Kier molecular flexibility index (Phi) is 4.21. The zero-order valence-corrected chi connectivity index (χ0v) is 14.0. The number of likely N-dealkylation sites (tertiary alicyclic amines) is 1. The number of hydrogen-bond acceptors (Lipinski definition) is 4. The number of carbonyl (C=O) groups excluding carboxylic acids is 1. The Morgan fingerprint density at radius 2 is 2.12 bits per heavy atom. The first-order valence-electron chi connectivity index (χ1n) is 8.71. The first kappa shape index (κ1) is 15.8. The molecule has 1 aromatic carbocycles. The van der Waals surface area contributed by atoms with Gasteiger partial charge in [0, 0.05) is 31.7 Å². The van der Waals surface area contributed by atoms with Gasteiger partial charge in [0.25, 0.3) is 0 Å². The van der Waals surface area contributed by atoms with E-state index >= 15 is 0 Å². The lowest BCUT2D eigenvalue weighted by Gasteiger charge is -2.39. The SMILES string of the molecule is N#Cc1cccc(CN2CC[C@H]3[C@@H]2CCC(=O)N3c2cccnc2)c1. The molecule has 2 aliphatic rings. The number of hydrogen-bond donors (Lipinski definition) is 0. The number of nitrogens with zero attached hydrogens (tertiary/aromatic N) is 4. The Morgan fingerprint density at radius 1 is 1.20 bits per heavy atom. The molecule has 2 aliphatic heterocycles. The molecular weight excluding hydrogens is 312 g/mol. The summed E-state index contributed by atoms with van der Waals surface area (Å²) in [4.78, 5) is 21.1. The quantitative estimate of drug-likeness (QED) is 0.867. The van der Waals surface area contributed by atoms with E-state index in [2.05, 4.69) is 22.0 Å². The summed E-state index contributed by atoms with van der Waals surface area (Å²) in [5, 5.41) is 9.09. The Bertz CT molecular complexity index is 814. The Balaban J connectivity index is 1.55. The lowest BCUT2D eigenvalue weighted by Crippen LogP contribution is -2.52. The number of aromatic nitrogens is 1. The predicted octanol–water partition coefficient (Wildman–Crippen LogP) is 2.72. The second kappa shape index (κ2) is 6.66. The number of anilines is 1. The number of piperidine rings is 1. The molecule has 0 saturated carbocycles. The van der Waals surface area contributed by atoms with Crippen molar-refractivity contribution in [2.24, 2.45) is 0 Å². The van der Waals surface area contributed by atoms with Gasteiger partial charge in [-0.1, -0.05) is 12.1 Å². The number of amides is 1. The molecule has 5 heteroatoms. The third-order valence-electron chi connectivity index (χ3n) is 5.25. The largest absolute Gasteiger partial charge is 0.306 e. The van der Waals surface area contributed by atoms with Crippen LogP contribution in [0.15, 0.2) is 48.8 Å². The average Bonchev–Trinajstić information content (AvgIpc) is 3.05. The van der Waals surface area contributed by atoms with Crippen LogP contribution in [0.5, 0.6) is 0 Å². The van der Waals surface area contributed by atoms with E-state index in [1.54, 1.807) is 12.4 Å². The molecule has 5 nitrogen and oxygen atoms in total. The summed E-state index contributed by atoms with van der Waals surface area (Å²) < 4.78 is 0. The number of fused-ring (bicyclic) bond motifs is 1. The van der Waals surface area contributed by atoms with Crippen molar-refractivity contribution in [1.82, 2.24) is 9.88 Å². The van der Waals surface area contributed by atoms with E-state index in [1.807, 2.05) is 35.2 Å². The number of pyridine rings is 1. The fourth-order valence-corrected chi connectivity index (χ4v) is 4.15. The summed E-state index contributed by atoms with van der Waals surface area (Å²) in [6.45, 7) is 1.79. The first-order chi connectivity index (χ1) is 12.3. The molecule has 0 spiro atoms. The van der Waals surface area contributed by atoms with Crippen LogP contribution in [0.1, 0.15) is 30.4 Å². The monoisotopic (exact) mass is 332 g/mol. The minimum absolute atomic E-state index is 0.197. The molecule has 0 N–H and O–H groups in total. The third kappa shape index (κ3) is 3.01. The molecule has 0 bridgehead atoms. The van der Waals surface area contributed by atoms with Crippen LogP contribution in [0.2, 0.25) is 0 Å². The molecule has 25 heavy (non-hydrogen) atoms. The van der Waals surface area contributed by atoms with Crippen LogP contribution in [-0.2, 0) is 11.3 Å². The summed E-state index contributed by atoms with van der Waals surface area (Å²) >= 11 is 0. The van der Waals surface area contributed by atoms with Crippen molar-refractivity contribution in [3.8, 4) is 6.07 Å². The second-order valence-corrected chi connectivity index (χ2v) is 6.72. The standard InChI is InChI=1S/C20H20N4O/c21-12-15-3-1-4-16(11-15)14-23-10-8-19-18(23)6-7-20(25)24(19)17-5-2-9-22-13-17/h1-5,9,11,13,18-19H,6-8,10,14H2/t18-,19-/m0/s1. The molecule has 2 aromatic rings. The summed E-state index contributed by atoms with van der Waals surface area (Å²) in [5.74, 6) is 0.197. The van der Waals surface area contributed by atoms with Gasteiger partial charge in [0.05, 0.1) is 29.6 Å². The molecule has 4 rings (SSSR count). The van der Waals surface area contributed by atoms with Gasteiger partial charge in [-0.3, -0.25) is 14.7 Å². The zero-order chi connectivity index (χ0) is 17.2. The van der Waals surface area contributed by atoms with Gasteiger partial charge >= 0.3 is 0 Å². The average molecular weight is 332 g/mol. The van der Waals surface area contributed by atoms with Crippen molar-refractivity contribution in [3.05, 3.63) is 59.9 Å². The summed E-state index contributed by atoms with van der Waals surface area (Å²) in [6.07, 6.45) is 5.96. The molecule has 126 valence electrons. The van der Waals surface area contributed by atoms with Crippen LogP contribution < -0.4 is 4.90 Å². The van der Waals surface area contributed by atoms with Crippen molar-refractivity contribution in [2.75, 3.05) is 11.4 Å². The summed E-state index contributed by atoms with van der Waals surface area (Å²) in [7, 11) is 0. The van der Waals surface area contributed by atoms with E-state index in [9.17, 15) is 4.79 Å². The molecule has 0 radical (unpaired) electrons. The Hall–Kier alpha value is -2.71. The Labute approximate surface area is 147 Å². The third-order valence-corrected chi connectivity index (χ3v) is 5.25. The van der Waals surface area contributed by atoms with Crippen LogP contribution in [-0.4, -0.2) is 34.4 Å². The molecule has 1 amide bonds. The fraction of sp³-hybridized carbons (Fsp3) is 0.350. The van der Waals surface area contributed by atoms with E-state index < -0.39 is 0 Å². The van der Waals surface area contributed by atoms with Crippen LogP contribution in [0.25, 0.3) is 0 Å². The smallest absolute Gasteiger partial charge is 0.227 e. The van der Waals surface area contributed by atoms with Gasteiger partial charge in [-0.15, -0.1) is 0 Å². The van der Waals surface area contributed by atoms with E-state index in [0.717, 1.165) is 37.2 Å². The maximum atomic E-state index is 12.5. The normalized spacial score (nSPS) is 23.3. The lowest BCUT2D eigenvalue weighted by molar-refractivity contribution is -0.120. The van der Waals surface area contributed by atoms with Crippen LogP contribution >= 0.6 is 0 Å². The zero-order valence-electron chi connectivity index (χ0n) is 14.0. The second-order valence-electron chi connectivity index (χ2n) is 6.72. The molecule has 0 unspecified atom stereocenters. The van der Waals surface area contributed by atoms with E-state index in [-0.39, 0.29) is 11.9 Å². The highest BCUT2D eigenvalue weighted by Gasteiger charge is 2.43. The van der Waals surface area contributed by atoms with E-state index in [0.29, 0.717) is 18.0 Å². The van der Waals surface area contributed by atoms with E-state index in [1.165, 1.54) is 0 Å². The lowest BCUT2D eigenvalue weighted by atomic mass is 9.95. The van der Waals surface area contributed by atoms with Gasteiger partial charge < -0.3 is 4.90 Å². The number of nitriles is 1. The highest BCUT2D eigenvalue weighted by Crippen LogP contribution is 2.35. The predicted molar refractivity (Wildman–Crippen MR) is 94.7 cm³/mol. The van der Waals surface area contributed by atoms with E-state index in [4.69, 9.17) is 5.26 Å². The van der Waals surface area contributed by atoms with Gasteiger partial charge in [-0.25, -0.2) is 0 Å².